The van der Waals surface area contributed by atoms with E-state index in [0.717, 1.165) is 179 Å². The first-order valence-electron chi connectivity index (χ1n) is 48.5. The molecule has 1 aliphatic carbocycles. The van der Waals surface area contributed by atoms with E-state index in [1.807, 2.05) is 86.0 Å². The third kappa shape index (κ3) is 13.4. The van der Waals surface area contributed by atoms with Gasteiger partial charge in [-0.3, -0.25) is 24.5 Å². The fourth-order valence-corrected chi connectivity index (χ4v) is 27.8. The van der Waals surface area contributed by atoms with E-state index in [1.165, 1.54) is 70.4 Å². The molecule has 0 fully saturated rings. The second kappa shape index (κ2) is 34.2. The van der Waals surface area contributed by atoms with Crippen molar-refractivity contribution in [2.24, 2.45) is 0 Å². The molecule has 0 radical (unpaired) electrons. The molecular weight excluding hydrogens is 1760 g/mol. The van der Waals surface area contributed by atoms with Gasteiger partial charge in [-0.05, 0) is 174 Å². The van der Waals surface area contributed by atoms with Crippen LogP contribution in [-0.4, -0.2) is 46.7 Å². The van der Waals surface area contributed by atoms with Crippen LogP contribution in [-0.2, 0) is 5.41 Å². The van der Waals surface area contributed by atoms with Gasteiger partial charge in [0.2, 0.25) is 0 Å². The summed E-state index contributed by atoms with van der Waals surface area (Å²) in [7, 11) is -2.84. The lowest BCUT2D eigenvalue weighted by atomic mass is 9.78. The standard InChI is InChI=1S/C52H36N4Si.C40H28N2O.C38H24N4O/c1-4-19-39(20-5-1)57(40-21-6-2-7-22-40,41-23-8-3-9-24-41)42-25-15-18-38(34-42)55-49-30-32-53-35-46(49)44-27-12-13-28-45(44)51-52(55)47-36-54-33-31-50(47)56(51)48-29-14-17-37-16-10-11-26-43(37)48;1-40(2)34-16-7-5-11-29(34)28-10-3-4-13-31(28)37-33-24-41-23-22-35(33)42(39(37)40)26-20-18-25(19-21-26)27-14-9-15-32-30-12-6-8-17-36(30)43-38(27)32;1-3-11-25(12-4-1)38-40-32-23-27(19-20-34(32)42(38)26-13-5-2-6-14-26)41-33-17-9-7-15-29(33)28-21-22-39-24-31(28)37-36(41)30-16-8-10-18-35(30)43-37/h1-36H;3-24H,1-2H3;1-24H. The van der Waals surface area contributed by atoms with E-state index in [-0.39, 0.29) is 5.41 Å². The number of hydrogen-bond acceptors (Lipinski definition) is 9. The molecule has 9 aromatic heterocycles. The van der Waals surface area contributed by atoms with Crippen LogP contribution in [0.5, 0.6) is 0 Å². The summed E-state index contributed by atoms with van der Waals surface area (Å²) in [5, 5.41) is 13.3. The van der Waals surface area contributed by atoms with Gasteiger partial charge in [-0.15, -0.1) is 0 Å². The van der Waals surface area contributed by atoms with Crippen molar-refractivity contribution >= 4 is 139 Å². The fraction of sp³-hybridized carbons (Fsp3) is 0.0231. The number of imidazole rings is 1. The van der Waals surface area contributed by atoms with Crippen LogP contribution in [0.1, 0.15) is 25.1 Å². The summed E-state index contributed by atoms with van der Waals surface area (Å²) < 4.78 is 20.1. The van der Waals surface area contributed by atoms with Gasteiger partial charge < -0.3 is 27.8 Å². The Balaban J connectivity index is 0.000000109. The molecule has 0 atom stereocenters. The molecule has 17 aromatic carbocycles. The molecule has 11 heterocycles. The summed E-state index contributed by atoms with van der Waals surface area (Å²) in [4.78, 5) is 28.7. The van der Waals surface area contributed by atoms with E-state index in [0.29, 0.717) is 0 Å². The maximum absolute atomic E-state index is 6.60. The van der Waals surface area contributed by atoms with E-state index in [2.05, 4.69) is 460 Å². The van der Waals surface area contributed by atoms with Gasteiger partial charge in [-0.25, -0.2) is 4.98 Å². The Labute approximate surface area is 826 Å². The average Bonchev–Trinajstić information content (AvgIpc) is 1.54. The third-order valence-corrected chi connectivity index (χ3v) is 33.9. The molecule has 0 saturated carbocycles. The van der Waals surface area contributed by atoms with Crippen LogP contribution in [0.25, 0.3) is 183 Å². The minimum atomic E-state index is -2.84. The Kier molecular flexibility index (Phi) is 20.0. The van der Waals surface area contributed by atoms with Gasteiger partial charge in [0, 0.05) is 155 Å². The number of anilines is 6. The normalized spacial score (nSPS) is 12.6. The molecule has 12 nitrogen and oxygen atoms in total. The van der Waals surface area contributed by atoms with Crippen LogP contribution in [0, 0.1) is 0 Å². The minimum Gasteiger partial charge on any atom is -0.455 e. The summed E-state index contributed by atoms with van der Waals surface area (Å²) in [5.74, 6) is 1.71. The van der Waals surface area contributed by atoms with Crippen LogP contribution in [0.3, 0.4) is 0 Å². The number of furan rings is 2. The first-order chi connectivity index (χ1) is 70.8. The molecule has 2 aliphatic heterocycles. The van der Waals surface area contributed by atoms with Gasteiger partial charge in [0.1, 0.15) is 28.3 Å². The highest BCUT2D eigenvalue weighted by atomic mass is 28.3. The van der Waals surface area contributed by atoms with Crippen LogP contribution < -0.4 is 30.5 Å². The minimum absolute atomic E-state index is 0.275. The van der Waals surface area contributed by atoms with Crippen LogP contribution in [0.15, 0.2) is 507 Å². The molecule has 674 valence electrons. The van der Waals surface area contributed by atoms with Gasteiger partial charge in [-0.1, -0.05) is 354 Å². The Hall–Kier alpha value is -18.7. The summed E-state index contributed by atoms with van der Waals surface area (Å²) in [6.07, 6.45) is 15.6. The molecule has 143 heavy (non-hydrogen) atoms. The first kappa shape index (κ1) is 83.7. The van der Waals surface area contributed by atoms with Gasteiger partial charge in [0.05, 0.1) is 50.5 Å². The SMILES string of the molecule is CC1(C)c2ccccc2-c2ccccc2-c2c1n(-c1ccc(-c3cccc4c3oc3ccccc34)cc1)c1ccncc21.c1ccc(-c2nc3cc(N4c5ccccc5-c5ccncc5-c5oc6ccccc6c54)ccc3n2-c2ccccc2)cc1.c1ccc([Si](c2ccccc2)(c2ccccc2)c2cccc(N3c4ccncc4-c4ccccc4-c4c3c3cnccc3n4-c3cccc4ccccc34)c2)cc1. The first-order valence-corrected chi connectivity index (χ1v) is 50.5. The van der Waals surface area contributed by atoms with Crippen molar-refractivity contribution in [1.82, 2.24) is 38.6 Å². The zero-order valence-electron chi connectivity index (χ0n) is 78.1. The van der Waals surface area contributed by atoms with Crippen LogP contribution >= 0.6 is 0 Å². The lowest BCUT2D eigenvalue weighted by Crippen LogP contribution is -2.74. The molecule has 0 bridgehead atoms. The zero-order chi connectivity index (χ0) is 94.8. The number of benzene rings is 17. The number of aromatic nitrogens is 8. The molecule has 29 rings (SSSR count). The smallest absolute Gasteiger partial charge is 0.179 e. The number of rotatable bonds is 11. The second-order valence-corrected chi connectivity index (χ2v) is 41.1. The van der Waals surface area contributed by atoms with Gasteiger partial charge in [0.15, 0.2) is 13.8 Å². The van der Waals surface area contributed by atoms with Gasteiger partial charge >= 0.3 is 0 Å². The number of para-hydroxylation sites is 5. The molecule has 3 aliphatic rings. The van der Waals surface area contributed by atoms with Crippen LogP contribution in [0.4, 0.5) is 34.1 Å². The predicted molar refractivity (Wildman–Crippen MR) is 589 cm³/mol. The van der Waals surface area contributed by atoms with E-state index < -0.39 is 8.07 Å². The van der Waals surface area contributed by atoms with Gasteiger partial charge in [-0.2, -0.15) is 0 Å². The van der Waals surface area contributed by atoms with Crippen molar-refractivity contribution in [2.45, 2.75) is 19.3 Å². The third-order valence-electron chi connectivity index (χ3n) is 29.2. The van der Waals surface area contributed by atoms with Crippen molar-refractivity contribution < 1.29 is 8.83 Å². The van der Waals surface area contributed by atoms with Crippen molar-refractivity contribution in [2.75, 3.05) is 9.80 Å². The Morgan fingerprint density at radius 3 is 1.49 bits per heavy atom. The Morgan fingerprint density at radius 1 is 0.273 bits per heavy atom. The Morgan fingerprint density at radius 2 is 0.755 bits per heavy atom. The lowest BCUT2D eigenvalue weighted by molar-refractivity contribution is 0.611. The largest absolute Gasteiger partial charge is 0.455 e. The summed E-state index contributed by atoms with van der Waals surface area (Å²) in [6, 6.07) is 161. The van der Waals surface area contributed by atoms with E-state index >= 15 is 0 Å². The number of hydrogen-bond donors (Lipinski definition) is 0. The number of pyridine rings is 4. The van der Waals surface area contributed by atoms with E-state index in [1.54, 1.807) is 0 Å². The summed E-state index contributed by atoms with van der Waals surface area (Å²) in [6.45, 7) is 4.71. The fourth-order valence-electron chi connectivity index (χ4n) is 23.0. The molecule has 0 saturated heterocycles. The van der Waals surface area contributed by atoms with E-state index in [4.69, 9.17) is 23.8 Å². The molecule has 0 unspecified atom stereocenters. The number of nitrogens with zero attached hydrogens (tertiary/aromatic N) is 10. The quantitative estimate of drug-likeness (QED) is 0.0923. The van der Waals surface area contributed by atoms with Crippen LogP contribution in [0.2, 0.25) is 0 Å². The summed E-state index contributed by atoms with van der Waals surface area (Å²) in [5.41, 5.74) is 34.9. The zero-order valence-corrected chi connectivity index (χ0v) is 79.1. The highest BCUT2D eigenvalue weighted by Crippen LogP contribution is 2.59. The maximum atomic E-state index is 6.60. The van der Waals surface area contributed by atoms with Crippen molar-refractivity contribution in [1.29, 1.82) is 0 Å². The molecular formula is C130H88N10O2Si. The molecule has 0 amide bonds. The average molecular weight is 1850 g/mol. The second-order valence-electron chi connectivity index (χ2n) is 37.3. The van der Waals surface area contributed by atoms with E-state index in [9.17, 15) is 0 Å². The number of fused-ring (bicyclic) bond motifs is 26. The topological polar surface area (TPSA) is 112 Å². The van der Waals surface area contributed by atoms with Crippen molar-refractivity contribution in [3.63, 3.8) is 0 Å². The highest BCUT2D eigenvalue weighted by Gasteiger charge is 2.44. The lowest BCUT2D eigenvalue weighted by Gasteiger charge is -2.35. The molecule has 26 aromatic rings. The van der Waals surface area contributed by atoms with Gasteiger partial charge in [0.25, 0.3) is 0 Å². The monoisotopic (exact) mass is 1850 g/mol. The highest BCUT2D eigenvalue weighted by molar-refractivity contribution is 7.20. The predicted octanol–water partition coefficient (Wildman–Crippen LogP) is 30.6. The summed E-state index contributed by atoms with van der Waals surface area (Å²) >= 11 is 0. The molecule has 0 spiro atoms. The Bertz CT molecular complexity index is 9380. The molecule has 13 heteroatoms. The van der Waals surface area contributed by atoms with Crippen molar-refractivity contribution in [3.8, 4) is 107 Å². The van der Waals surface area contributed by atoms with Crippen molar-refractivity contribution in [3.05, 3.63) is 510 Å². The maximum Gasteiger partial charge on any atom is 0.179 e. The molecule has 0 N–H and O–H groups in total.